The predicted molar refractivity (Wildman–Crippen MR) is 75.2 cm³/mol. The van der Waals surface area contributed by atoms with Gasteiger partial charge < -0.3 is 4.90 Å². The van der Waals surface area contributed by atoms with E-state index in [1.54, 1.807) is 0 Å². The Morgan fingerprint density at radius 3 is 3.05 bits per heavy atom. The Kier molecular flexibility index (Phi) is 2.41. The van der Waals surface area contributed by atoms with Gasteiger partial charge in [0.15, 0.2) is 0 Å². The molecule has 2 nitrogen and oxygen atoms in total. The lowest BCUT2D eigenvalue weighted by molar-refractivity contribution is -0.126. The molecule has 2 fully saturated rings. The molecule has 1 aliphatic heterocycles. The van der Waals surface area contributed by atoms with Crippen LogP contribution in [0.25, 0.3) is 0 Å². The van der Waals surface area contributed by atoms with Crippen molar-refractivity contribution in [3.8, 4) is 0 Å². The minimum absolute atomic E-state index is 0.168. The van der Waals surface area contributed by atoms with Crippen molar-refractivity contribution in [3.05, 3.63) is 35.4 Å². The summed E-state index contributed by atoms with van der Waals surface area (Å²) < 4.78 is 0. The molecule has 2 aliphatic carbocycles. The fraction of sp³-hybridized carbons (Fsp3) is 0.588. The summed E-state index contributed by atoms with van der Waals surface area (Å²) in [5.74, 6) is 1.18. The molecule has 0 aromatic heterocycles. The number of hydrogen-bond acceptors (Lipinski definition) is 2. The van der Waals surface area contributed by atoms with Gasteiger partial charge in [0.05, 0.1) is 0 Å². The van der Waals surface area contributed by atoms with E-state index in [-0.39, 0.29) is 5.41 Å². The number of piperidine rings is 1. The van der Waals surface area contributed by atoms with Gasteiger partial charge in [-0.1, -0.05) is 24.3 Å². The molecular weight excluding hydrogens is 234 g/mol. The van der Waals surface area contributed by atoms with Crippen molar-refractivity contribution < 1.29 is 4.79 Å². The van der Waals surface area contributed by atoms with E-state index in [1.807, 2.05) is 0 Å². The van der Waals surface area contributed by atoms with E-state index in [9.17, 15) is 4.79 Å². The average Bonchev–Trinajstić information content (AvgIpc) is 2.42. The van der Waals surface area contributed by atoms with E-state index in [0.717, 1.165) is 32.2 Å². The summed E-state index contributed by atoms with van der Waals surface area (Å²) in [6.07, 6.45) is 5.03. The van der Waals surface area contributed by atoms with Crippen molar-refractivity contribution in [2.45, 2.75) is 43.6 Å². The zero-order chi connectivity index (χ0) is 13.0. The van der Waals surface area contributed by atoms with Crippen LogP contribution in [0.15, 0.2) is 24.3 Å². The molecule has 2 heteroatoms. The van der Waals surface area contributed by atoms with Gasteiger partial charge in [-0.05, 0) is 49.9 Å². The van der Waals surface area contributed by atoms with Crippen LogP contribution < -0.4 is 0 Å². The van der Waals surface area contributed by atoms with Crippen molar-refractivity contribution in [1.29, 1.82) is 0 Å². The van der Waals surface area contributed by atoms with Gasteiger partial charge in [-0.25, -0.2) is 0 Å². The van der Waals surface area contributed by atoms with Crippen molar-refractivity contribution >= 4 is 5.78 Å². The fourth-order valence-electron chi connectivity index (χ4n) is 4.98. The lowest BCUT2D eigenvalue weighted by Crippen LogP contribution is -2.60. The van der Waals surface area contributed by atoms with E-state index in [1.165, 1.54) is 17.5 Å². The monoisotopic (exact) mass is 255 g/mol. The molecule has 2 bridgehead atoms. The number of Topliss-reactive ketones (excluding diaryl/α,β-unsaturated/α-hetero) is 1. The second-order valence-electron chi connectivity index (χ2n) is 6.68. The third-order valence-corrected chi connectivity index (χ3v) is 5.88. The van der Waals surface area contributed by atoms with Crippen molar-refractivity contribution in [2.24, 2.45) is 5.92 Å². The number of carbonyl (C=O) groups is 1. The standard InChI is InChI=1S/C17H21NO/c1-18-9-8-17-11-13(19)6-7-15(17)16(18)10-12-4-2-3-5-14(12)17/h2-5,15-16H,6-11H2,1H3/t15-,16+,17+/m0/s1. The average molecular weight is 255 g/mol. The molecule has 0 amide bonds. The van der Waals surface area contributed by atoms with Crippen LogP contribution in [-0.2, 0) is 16.6 Å². The Balaban J connectivity index is 1.91. The van der Waals surface area contributed by atoms with E-state index in [4.69, 9.17) is 0 Å². The number of hydrogen-bond donors (Lipinski definition) is 0. The molecule has 0 unspecified atom stereocenters. The molecule has 1 heterocycles. The molecule has 3 aliphatic rings. The third-order valence-electron chi connectivity index (χ3n) is 5.88. The van der Waals surface area contributed by atoms with E-state index >= 15 is 0 Å². The van der Waals surface area contributed by atoms with E-state index in [0.29, 0.717) is 17.7 Å². The molecule has 19 heavy (non-hydrogen) atoms. The highest BCUT2D eigenvalue weighted by Gasteiger charge is 2.54. The lowest BCUT2D eigenvalue weighted by Gasteiger charge is -2.58. The van der Waals surface area contributed by atoms with Gasteiger partial charge in [0.2, 0.25) is 0 Å². The normalized spacial score (nSPS) is 37.6. The number of rotatable bonds is 0. The van der Waals surface area contributed by atoms with Crippen LogP contribution in [0.2, 0.25) is 0 Å². The zero-order valence-electron chi connectivity index (χ0n) is 11.6. The Morgan fingerprint density at radius 2 is 2.16 bits per heavy atom. The Hall–Kier alpha value is -1.15. The van der Waals surface area contributed by atoms with Gasteiger partial charge in [0.1, 0.15) is 5.78 Å². The van der Waals surface area contributed by atoms with Crippen LogP contribution in [0, 0.1) is 5.92 Å². The molecule has 1 aromatic rings. The smallest absolute Gasteiger partial charge is 0.133 e. The Labute approximate surface area is 114 Å². The highest BCUT2D eigenvalue weighted by Crippen LogP contribution is 2.54. The van der Waals surface area contributed by atoms with Crippen molar-refractivity contribution in [1.82, 2.24) is 4.90 Å². The molecule has 1 saturated carbocycles. The largest absolute Gasteiger partial charge is 0.303 e. The van der Waals surface area contributed by atoms with Gasteiger partial charge in [0.25, 0.3) is 0 Å². The van der Waals surface area contributed by atoms with Gasteiger partial charge in [-0.3, -0.25) is 4.79 Å². The van der Waals surface area contributed by atoms with Crippen LogP contribution >= 0.6 is 0 Å². The van der Waals surface area contributed by atoms with Crippen molar-refractivity contribution in [2.75, 3.05) is 13.6 Å². The molecule has 4 rings (SSSR count). The maximum Gasteiger partial charge on any atom is 0.133 e. The molecule has 1 aromatic carbocycles. The molecule has 1 saturated heterocycles. The third kappa shape index (κ3) is 1.50. The second kappa shape index (κ2) is 3.92. The summed E-state index contributed by atoms with van der Waals surface area (Å²) in [5, 5.41) is 0. The summed E-state index contributed by atoms with van der Waals surface area (Å²) in [4.78, 5) is 14.6. The first-order chi connectivity index (χ1) is 9.21. The summed E-state index contributed by atoms with van der Waals surface area (Å²) in [6.45, 7) is 1.14. The first-order valence-electron chi connectivity index (χ1n) is 7.51. The summed E-state index contributed by atoms with van der Waals surface area (Å²) >= 11 is 0. The molecule has 3 atom stereocenters. The highest BCUT2D eigenvalue weighted by atomic mass is 16.1. The number of benzene rings is 1. The summed E-state index contributed by atoms with van der Waals surface area (Å²) in [6, 6.07) is 9.52. The number of carbonyl (C=O) groups excluding carboxylic acids is 1. The topological polar surface area (TPSA) is 20.3 Å². The number of likely N-dealkylation sites (tertiary alicyclic amines) is 1. The maximum atomic E-state index is 12.1. The van der Waals surface area contributed by atoms with E-state index in [2.05, 4.69) is 36.2 Å². The van der Waals surface area contributed by atoms with Crippen LogP contribution in [0.4, 0.5) is 0 Å². The minimum atomic E-state index is 0.168. The molecule has 0 N–H and O–H groups in total. The maximum absolute atomic E-state index is 12.1. The highest BCUT2D eigenvalue weighted by molar-refractivity contribution is 5.81. The number of fused-ring (bicyclic) bond motifs is 1. The van der Waals surface area contributed by atoms with Crippen LogP contribution in [0.1, 0.15) is 36.8 Å². The SMILES string of the molecule is CN1CC[C@]23CC(=O)CC[C@H]2[C@H]1Cc1ccccc13. The lowest BCUT2D eigenvalue weighted by atomic mass is 9.52. The van der Waals surface area contributed by atoms with Gasteiger partial charge in [0, 0.05) is 24.3 Å². The van der Waals surface area contributed by atoms with Gasteiger partial charge >= 0.3 is 0 Å². The molecular formula is C17H21NO. The fourth-order valence-corrected chi connectivity index (χ4v) is 4.98. The van der Waals surface area contributed by atoms with Crippen LogP contribution in [0.3, 0.4) is 0 Å². The minimum Gasteiger partial charge on any atom is -0.303 e. The summed E-state index contributed by atoms with van der Waals surface area (Å²) in [7, 11) is 2.26. The Bertz CT molecular complexity index is 538. The van der Waals surface area contributed by atoms with Crippen LogP contribution in [0.5, 0.6) is 0 Å². The quantitative estimate of drug-likeness (QED) is 0.710. The first-order valence-corrected chi connectivity index (χ1v) is 7.51. The Morgan fingerprint density at radius 1 is 1.32 bits per heavy atom. The first kappa shape index (κ1) is 11.7. The molecule has 100 valence electrons. The second-order valence-corrected chi connectivity index (χ2v) is 6.68. The zero-order valence-corrected chi connectivity index (χ0v) is 11.6. The van der Waals surface area contributed by atoms with E-state index < -0.39 is 0 Å². The molecule has 0 radical (unpaired) electrons. The van der Waals surface area contributed by atoms with Gasteiger partial charge in [-0.2, -0.15) is 0 Å². The number of ketones is 1. The van der Waals surface area contributed by atoms with Crippen LogP contribution in [-0.4, -0.2) is 30.3 Å². The number of nitrogens with zero attached hydrogens (tertiary/aromatic N) is 1. The predicted octanol–water partition coefficient (Wildman–Crippen LogP) is 2.55. The van der Waals surface area contributed by atoms with Gasteiger partial charge in [-0.15, -0.1) is 0 Å². The number of likely N-dealkylation sites (N-methyl/N-ethyl adjacent to an activating group) is 1. The molecule has 0 spiro atoms. The van der Waals surface area contributed by atoms with Crippen molar-refractivity contribution in [3.63, 3.8) is 0 Å². The summed E-state index contributed by atoms with van der Waals surface area (Å²) in [5.41, 5.74) is 3.16.